The maximum absolute atomic E-state index is 12.8. The summed E-state index contributed by atoms with van der Waals surface area (Å²) in [6.07, 6.45) is 0.809. The van der Waals surface area contributed by atoms with Crippen LogP contribution in [0.4, 0.5) is 10.5 Å². The Morgan fingerprint density at radius 3 is 2.39 bits per heavy atom. The molecule has 0 unspecified atom stereocenters. The van der Waals surface area contributed by atoms with Crippen molar-refractivity contribution in [2.75, 3.05) is 18.6 Å². The molecule has 0 fully saturated rings. The fourth-order valence-electron chi connectivity index (χ4n) is 3.72. The predicted octanol–water partition coefficient (Wildman–Crippen LogP) is 3.90. The zero-order valence-electron chi connectivity index (χ0n) is 17.4. The lowest BCUT2D eigenvalue weighted by Gasteiger charge is -2.17. The average Bonchev–Trinajstić information content (AvgIpc) is 3.25. The number of carbonyl (C=O) groups excluding carboxylic acids is 2. The molecule has 3 aromatic carbocycles. The molecule has 0 saturated heterocycles. The second-order valence-corrected chi connectivity index (χ2v) is 7.42. The van der Waals surface area contributed by atoms with Gasteiger partial charge in [-0.3, -0.25) is 4.79 Å². The van der Waals surface area contributed by atoms with Crippen molar-refractivity contribution in [2.24, 2.45) is 0 Å². The monoisotopic (exact) mass is 415 g/mol. The molecular weight excluding hydrogens is 390 g/mol. The summed E-state index contributed by atoms with van der Waals surface area (Å²) in [5.74, 6) is 0.778. The van der Waals surface area contributed by atoms with Gasteiger partial charge in [0.25, 0.3) is 5.91 Å². The number of rotatable bonds is 6. The van der Waals surface area contributed by atoms with Gasteiger partial charge < -0.3 is 20.3 Å². The van der Waals surface area contributed by atoms with Gasteiger partial charge in [0.1, 0.15) is 5.75 Å². The lowest BCUT2D eigenvalue weighted by atomic mass is 10.1. The van der Waals surface area contributed by atoms with E-state index in [1.165, 1.54) is 0 Å². The van der Waals surface area contributed by atoms with Gasteiger partial charge in [-0.1, -0.05) is 42.5 Å². The summed E-state index contributed by atoms with van der Waals surface area (Å²) in [4.78, 5) is 26.8. The van der Waals surface area contributed by atoms with Gasteiger partial charge in [-0.25, -0.2) is 4.79 Å². The predicted molar refractivity (Wildman–Crippen MR) is 120 cm³/mol. The van der Waals surface area contributed by atoms with Crippen molar-refractivity contribution < 1.29 is 14.3 Å². The van der Waals surface area contributed by atoms with Crippen LogP contribution in [0.3, 0.4) is 0 Å². The molecule has 2 N–H and O–H groups in total. The molecule has 158 valence electrons. The minimum Gasteiger partial charge on any atom is -0.497 e. The summed E-state index contributed by atoms with van der Waals surface area (Å²) < 4.78 is 5.20. The van der Waals surface area contributed by atoms with Crippen LogP contribution in [0.2, 0.25) is 0 Å². The molecule has 4 rings (SSSR count). The first-order valence-electron chi connectivity index (χ1n) is 10.3. The Balaban J connectivity index is 1.32. The SMILES string of the molecule is COc1cccc(CNC(=O)NCc2ccc3c(c2)CCN3C(=O)c2ccccc2)c1. The highest BCUT2D eigenvalue weighted by Gasteiger charge is 2.25. The average molecular weight is 415 g/mol. The summed E-state index contributed by atoms with van der Waals surface area (Å²) >= 11 is 0. The second kappa shape index (κ2) is 9.34. The molecule has 0 aliphatic carbocycles. The number of benzene rings is 3. The van der Waals surface area contributed by atoms with Crippen molar-refractivity contribution in [1.29, 1.82) is 0 Å². The number of fused-ring (bicyclic) bond motifs is 1. The van der Waals surface area contributed by atoms with Crippen molar-refractivity contribution >= 4 is 17.6 Å². The van der Waals surface area contributed by atoms with Crippen LogP contribution in [0.25, 0.3) is 0 Å². The Morgan fingerprint density at radius 2 is 1.65 bits per heavy atom. The number of anilines is 1. The molecule has 1 aliphatic heterocycles. The zero-order valence-corrected chi connectivity index (χ0v) is 17.4. The third-order valence-electron chi connectivity index (χ3n) is 5.35. The number of carbonyl (C=O) groups is 2. The highest BCUT2D eigenvalue weighted by molar-refractivity contribution is 6.07. The molecule has 0 radical (unpaired) electrons. The molecule has 0 saturated carbocycles. The second-order valence-electron chi connectivity index (χ2n) is 7.42. The lowest BCUT2D eigenvalue weighted by Crippen LogP contribution is -2.34. The largest absolute Gasteiger partial charge is 0.497 e. The van der Waals surface area contributed by atoms with E-state index in [0.717, 1.165) is 34.5 Å². The molecule has 31 heavy (non-hydrogen) atoms. The molecule has 0 spiro atoms. The minimum atomic E-state index is -0.232. The quantitative estimate of drug-likeness (QED) is 0.642. The first-order chi connectivity index (χ1) is 15.1. The van der Waals surface area contributed by atoms with E-state index >= 15 is 0 Å². The Morgan fingerprint density at radius 1 is 0.903 bits per heavy atom. The first-order valence-corrected chi connectivity index (χ1v) is 10.3. The molecule has 0 atom stereocenters. The number of nitrogens with one attached hydrogen (secondary N) is 2. The number of nitrogens with zero attached hydrogens (tertiary/aromatic N) is 1. The Kier molecular flexibility index (Phi) is 6.17. The Hall–Kier alpha value is -3.80. The lowest BCUT2D eigenvalue weighted by molar-refractivity contribution is 0.0989. The molecule has 6 nitrogen and oxygen atoms in total. The van der Waals surface area contributed by atoms with Gasteiger partial charge in [-0.05, 0) is 53.4 Å². The van der Waals surface area contributed by atoms with E-state index in [1.807, 2.05) is 71.6 Å². The van der Waals surface area contributed by atoms with Crippen molar-refractivity contribution in [3.63, 3.8) is 0 Å². The highest BCUT2D eigenvalue weighted by atomic mass is 16.5. The van der Waals surface area contributed by atoms with E-state index in [-0.39, 0.29) is 11.9 Å². The van der Waals surface area contributed by atoms with E-state index in [0.29, 0.717) is 25.2 Å². The van der Waals surface area contributed by atoms with Gasteiger partial charge in [-0.15, -0.1) is 0 Å². The molecule has 0 bridgehead atoms. The number of amides is 3. The summed E-state index contributed by atoms with van der Waals surface area (Å²) in [5, 5.41) is 5.74. The van der Waals surface area contributed by atoms with Gasteiger partial charge in [0.2, 0.25) is 0 Å². The fourth-order valence-corrected chi connectivity index (χ4v) is 3.72. The topological polar surface area (TPSA) is 70.7 Å². The van der Waals surface area contributed by atoms with Crippen LogP contribution in [-0.4, -0.2) is 25.6 Å². The Bertz CT molecular complexity index is 1080. The standard InChI is InChI=1S/C25H25N3O3/c1-31-22-9-5-6-18(15-22)16-26-25(30)27-17-19-10-11-23-21(14-19)12-13-28(23)24(29)20-7-3-2-4-8-20/h2-11,14-15H,12-13,16-17H2,1H3,(H2,26,27,30). The van der Waals surface area contributed by atoms with Crippen molar-refractivity contribution in [3.05, 3.63) is 95.1 Å². The fraction of sp³-hybridized carbons (Fsp3) is 0.200. The number of urea groups is 1. The number of methoxy groups -OCH3 is 1. The third-order valence-corrected chi connectivity index (χ3v) is 5.35. The molecular formula is C25H25N3O3. The van der Waals surface area contributed by atoms with Crippen LogP contribution >= 0.6 is 0 Å². The highest BCUT2D eigenvalue weighted by Crippen LogP contribution is 2.30. The molecule has 0 aromatic heterocycles. The van der Waals surface area contributed by atoms with Crippen molar-refractivity contribution in [1.82, 2.24) is 10.6 Å². The summed E-state index contributed by atoms with van der Waals surface area (Å²) in [5.41, 5.74) is 4.73. The molecule has 6 heteroatoms. The van der Waals surface area contributed by atoms with E-state index in [2.05, 4.69) is 16.7 Å². The number of ether oxygens (including phenoxy) is 1. The normalized spacial score (nSPS) is 12.2. The number of hydrogen-bond acceptors (Lipinski definition) is 3. The van der Waals surface area contributed by atoms with Crippen LogP contribution in [0.1, 0.15) is 27.0 Å². The van der Waals surface area contributed by atoms with Crippen LogP contribution in [0.15, 0.2) is 72.8 Å². The van der Waals surface area contributed by atoms with Gasteiger partial charge >= 0.3 is 6.03 Å². The maximum atomic E-state index is 12.8. The van der Waals surface area contributed by atoms with Gasteiger partial charge in [-0.2, -0.15) is 0 Å². The summed E-state index contributed by atoms with van der Waals surface area (Å²) in [7, 11) is 1.62. The van der Waals surface area contributed by atoms with E-state index in [1.54, 1.807) is 7.11 Å². The summed E-state index contributed by atoms with van der Waals surface area (Å²) in [6, 6.07) is 22.7. The van der Waals surface area contributed by atoms with Gasteiger partial charge in [0.15, 0.2) is 0 Å². The van der Waals surface area contributed by atoms with Crippen LogP contribution < -0.4 is 20.3 Å². The number of hydrogen-bond donors (Lipinski definition) is 2. The van der Waals surface area contributed by atoms with E-state index in [9.17, 15) is 9.59 Å². The smallest absolute Gasteiger partial charge is 0.315 e. The van der Waals surface area contributed by atoms with Crippen LogP contribution in [0, 0.1) is 0 Å². The van der Waals surface area contributed by atoms with E-state index in [4.69, 9.17) is 4.74 Å². The molecule has 3 aromatic rings. The van der Waals surface area contributed by atoms with Crippen LogP contribution in [-0.2, 0) is 19.5 Å². The van der Waals surface area contributed by atoms with Crippen molar-refractivity contribution in [2.45, 2.75) is 19.5 Å². The van der Waals surface area contributed by atoms with Gasteiger partial charge in [0.05, 0.1) is 7.11 Å². The van der Waals surface area contributed by atoms with Crippen LogP contribution in [0.5, 0.6) is 5.75 Å². The third kappa shape index (κ3) is 4.86. The minimum absolute atomic E-state index is 0.0159. The summed E-state index contributed by atoms with van der Waals surface area (Å²) in [6.45, 7) is 1.51. The Labute approximate surface area is 181 Å². The first kappa shape index (κ1) is 20.5. The maximum Gasteiger partial charge on any atom is 0.315 e. The van der Waals surface area contributed by atoms with Gasteiger partial charge in [0, 0.05) is 30.9 Å². The molecule has 1 aliphatic rings. The van der Waals surface area contributed by atoms with Crippen molar-refractivity contribution in [3.8, 4) is 5.75 Å². The zero-order chi connectivity index (χ0) is 21.6. The molecule has 1 heterocycles. The molecule has 3 amide bonds. The van der Waals surface area contributed by atoms with E-state index < -0.39 is 0 Å².